The van der Waals surface area contributed by atoms with Crippen LogP contribution in [-0.2, 0) is 4.74 Å². The van der Waals surface area contributed by atoms with Crippen molar-refractivity contribution < 1.29 is 9.53 Å². The van der Waals surface area contributed by atoms with Crippen LogP contribution in [0.15, 0.2) is 18.3 Å². The molecule has 2 rings (SSSR count). The molecule has 0 aromatic carbocycles. The standard InChI is InChI=1S/C16H25N3O2/c1-21-11-10-17-16(20)15-9-8-14(12-18-15)19-13-6-4-2-3-5-7-13/h8-9,12-13,19H,2-7,10-11H2,1H3,(H,17,20). The summed E-state index contributed by atoms with van der Waals surface area (Å²) in [7, 11) is 1.61. The van der Waals surface area contributed by atoms with E-state index in [1.54, 1.807) is 19.4 Å². The van der Waals surface area contributed by atoms with E-state index in [2.05, 4.69) is 15.6 Å². The molecule has 116 valence electrons. The van der Waals surface area contributed by atoms with Crippen molar-refractivity contribution in [3.63, 3.8) is 0 Å². The van der Waals surface area contributed by atoms with Gasteiger partial charge in [-0.2, -0.15) is 0 Å². The minimum absolute atomic E-state index is 0.159. The third-order valence-corrected chi connectivity index (χ3v) is 3.81. The molecule has 0 aliphatic heterocycles. The van der Waals surface area contributed by atoms with Crippen LogP contribution in [0.25, 0.3) is 0 Å². The van der Waals surface area contributed by atoms with Crippen molar-refractivity contribution in [2.24, 2.45) is 0 Å². The number of methoxy groups -OCH3 is 1. The number of ether oxygens (including phenoxy) is 1. The number of nitrogens with one attached hydrogen (secondary N) is 2. The molecule has 2 N–H and O–H groups in total. The molecule has 0 atom stereocenters. The molecule has 0 unspecified atom stereocenters. The summed E-state index contributed by atoms with van der Waals surface area (Å²) in [5, 5.41) is 6.29. The average Bonchev–Trinajstić information content (AvgIpc) is 2.77. The molecule has 1 aliphatic carbocycles. The van der Waals surface area contributed by atoms with E-state index >= 15 is 0 Å². The Kier molecular flexibility index (Phi) is 6.47. The van der Waals surface area contributed by atoms with Gasteiger partial charge in [0.1, 0.15) is 5.69 Å². The number of aromatic nitrogens is 1. The van der Waals surface area contributed by atoms with Crippen molar-refractivity contribution in [1.82, 2.24) is 10.3 Å². The highest BCUT2D eigenvalue weighted by molar-refractivity contribution is 5.92. The number of hydrogen-bond donors (Lipinski definition) is 2. The van der Waals surface area contributed by atoms with E-state index in [1.165, 1.54) is 38.5 Å². The average molecular weight is 291 g/mol. The molecule has 0 saturated heterocycles. The molecule has 1 saturated carbocycles. The first-order valence-corrected chi connectivity index (χ1v) is 7.79. The minimum Gasteiger partial charge on any atom is -0.383 e. The fourth-order valence-electron chi connectivity index (χ4n) is 2.63. The zero-order valence-electron chi connectivity index (χ0n) is 12.7. The molecule has 1 aliphatic rings. The second-order valence-corrected chi connectivity index (χ2v) is 5.51. The lowest BCUT2D eigenvalue weighted by atomic mass is 10.1. The first-order valence-electron chi connectivity index (χ1n) is 7.79. The molecule has 1 amide bonds. The van der Waals surface area contributed by atoms with Crippen LogP contribution in [0.2, 0.25) is 0 Å². The molecule has 0 radical (unpaired) electrons. The molecule has 1 fully saturated rings. The smallest absolute Gasteiger partial charge is 0.269 e. The zero-order chi connectivity index (χ0) is 14.9. The normalized spacial score (nSPS) is 16.2. The summed E-state index contributed by atoms with van der Waals surface area (Å²) < 4.78 is 4.90. The summed E-state index contributed by atoms with van der Waals surface area (Å²) in [5.74, 6) is -0.159. The van der Waals surface area contributed by atoms with Gasteiger partial charge in [0.05, 0.1) is 18.5 Å². The number of carbonyl (C=O) groups excluding carboxylic acids is 1. The minimum atomic E-state index is -0.159. The van der Waals surface area contributed by atoms with Crippen molar-refractivity contribution in [3.8, 4) is 0 Å². The Bertz CT molecular complexity index is 426. The molecule has 0 bridgehead atoms. The van der Waals surface area contributed by atoms with Gasteiger partial charge >= 0.3 is 0 Å². The highest BCUT2D eigenvalue weighted by Gasteiger charge is 2.12. The fourth-order valence-corrected chi connectivity index (χ4v) is 2.63. The quantitative estimate of drug-likeness (QED) is 0.624. The zero-order valence-corrected chi connectivity index (χ0v) is 12.7. The third kappa shape index (κ3) is 5.34. The number of pyridine rings is 1. The summed E-state index contributed by atoms with van der Waals surface area (Å²) in [6.07, 6.45) is 9.47. The van der Waals surface area contributed by atoms with Crippen molar-refractivity contribution in [3.05, 3.63) is 24.0 Å². The van der Waals surface area contributed by atoms with Gasteiger partial charge in [-0.15, -0.1) is 0 Å². The number of carbonyl (C=O) groups is 1. The van der Waals surface area contributed by atoms with Crippen LogP contribution in [0.1, 0.15) is 49.0 Å². The van der Waals surface area contributed by atoms with E-state index < -0.39 is 0 Å². The van der Waals surface area contributed by atoms with Crippen molar-refractivity contribution in [2.75, 3.05) is 25.6 Å². The summed E-state index contributed by atoms with van der Waals surface area (Å²) in [4.78, 5) is 16.0. The number of hydrogen-bond acceptors (Lipinski definition) is 4. The largest absolute Gasteiger partial charge is 0.383 e. The topological polar surface area (TPSA) is 63.2 Å². The van der Waals surface area contributed by atoms with Gasteiger partial charge in [0.2, 0.25) is 0 Å². The van der Waals surface area contributed by atoms with Gasteiger partial charge in [-0.1, -0.05) is 25.7 Å². The van der Waals surface area contributed by atoms with E-state index in [-0.39, 0.29) is 5.91 Å². The van der Waals surface area contributed by atoms with Gasteiger partial charge in [0, 0.05) is 19.7 Å². The van der Waals surface area contributed by atoms with E-state index in [1.807, 2.05) is 6.07 Å². The second kappa shape index (κ2) is 8.62. The maximum Gasteiger partial charge on any atom is 0.269 e. The second-order valence-electron chi connectivity index (χ2n) is 5.51. The highest BCUT2D eigenvalue weighted by atomic mass is 16.5. The van der Waals surface area contributed by atoms with Crippen molar-refractivity contribution >= 4 is 11.6 Å². The predicted octanol–water partition coefficient (Wildman–Crippen LogP) is 2.59. The Balaban J connectivity index is 1.84. The molecule has 1 aromatic heterocycles. The molecule has 0 spiro atoms. The van der Waals surface area contributed by atoms with Crippen molar-refractivity contribution in [1.29, 1.82) is 0 Å². The van der Waals surface area contributed by atoms with E-state index in [9.17, 15) is 4.79 Å². The molecule has 1 aromatic rings. The fraction of sp³-hybridized carbons (Fsp3) is 0.625. The van der Waals surface area contributed by atoms with E-state index in [0.29, 0.717) is 24.9 Å². The van der Waals surface area contributed by atoms with Crippen LogP contribution < -0.4 is 10.6 Å². The first kappa shape index (κ1) is 15.8. The Hall–Kier alpha value is -1.62. The lowest BCUT2D eigenvalue weighted by molar-refractivity contribution is 0.0932. The SMILES string of the molecule is COCCNC(=O)c1ccc(NC2CCCCCC2)cn1. The lowest BCUT2D eigenvalue weighted by Crippen LogP contribution is -2.27. The summed E-state index contributed by atoms with van der Waals surface area (Å²) >= 11 is 0. The Morgan fingerprint density at radius 1 is 1.29 bits per heavy atom. The lowest BCUT2D eigenvalue weighted by Gasteiger charge is -2.17. The van der Waals surface area contributed by atoms with E-state index in [4.69, 9.17) is 4.74 Å². The molecular formula is C16H25N3O2. The monoisotopic (exact) mass is 291 g/mol. The molecule has 5 nitrogen and oxygen atoms in total. The van der Waals surface area contributed by atoms with Gasteiger partial charge < -0.3 is 15.4 Å². The number of nitrogens with zero attached hydrogens (tertiary/aromatic N) is 1. The van der Waals surface area contributed by atoms with Crippen LogP contribution in [0.4, 0.5) is 5.69 Å². The van der Waals surface area contributed by atoms with Gasteiger partial charge in [-0.3, -0.25) is 4.79 Å². The van der Waals surface area contributed by atoms with Crippen LogP contribution in [0.3, 0.4) is 0 Å². The van der Waals surface area contributed by atoms with Crippen LogP contribution in [0.5, 0.6) is 0 Å². The van der Waals surface area contributed by atoms with Gasteiger partial charge in [-0.05, 0) is 25.0 Å². The Morgan fingerprint density at radius 2 is 2.05 bits per heavy atom. The Labute approximate surface area is 126 Å². The summed E-state index contributed by atoms with van der Waals surface area (Å²) in [6, 6.07) is 4.24. The molecule has 1 heterocycles. The van der Waals surface area contributed by atoms with Gasteiger partial charge in [0.15, 0.2) is 0 Å². The van der Waals surface area contributed by atoms with E-state index in [0.717, 1.165) is 5.69 Å². The summed E-state index contributed by atoms with van der Waals surface area (Å²) in [6.45, 7) is 1.01. The third-order valence-electron chi connectivity index (χ3n) is 3.81. The maximum atomic E-state index is 11.8. The summed E-state index contributed by atoms with van der Waals surface area (Å²) in [5.41, 5.74) is 1.44. The molecular weight excluding hydrogens is 266 g/mol. The van der Waals surface area contributed by atoms with Crippen LogP contribution >= 0.6 is 0 Å². The number of amides is 1. The molecule has 5 heteroatoms. The van der Waals surface area contributed by atoms with Gasteiger partial charge in [0.25, 0.3) is 5.91 Å². The maximum absolute atomic E-state index is 11.8. The number of rotatable bonds is 6. The number of anilines is 1. The van der Waals surface area contributed by atoms with Crippen molar-refractivity contribution in [2.45, 2.75) is 44.6 Å². The molecule has 21 heavy (non-hydrogen) atoms. The predicted molar refractivity (Wildman–Crippen MR) is 83.6 cm³/mol. The van der Waals surface area contributed by atoms with Gasteiger partial charge in [-0.25, -0.2) is 4.98 Å². The highest BCUT2D eigenvalue weighted by Crippen LogP contribution is 2.20. The first-order chi connectivity index (χ1) is 10.3. The van der Waals surface area contributed by atoms with Crippen LogP contribution in [0, 0.1) is 0 Å². The van der Waals surface area contributed by atoms with Crippen LogP contribution in [-0.4, -0.2) is 37.2 Å². The Morgan fingerprint density at radius 3 is 2.67 bits per heavy atom.